The highest BCUT2D eigenvalue weighted by Crippen LogP contribution is 2.22. The molecule has 0 spiro atoms. The molecule has 0 bridgehead atoms. The van der Waals surface area contributed by atoms with E-state index in [1.807, 2.05) is 13.8 Å². The second-order valence-corrected chi connectivity index (χ2v) is 4.47. The third kappa shape index (κ3) is 3.71. The van der Waals surface area contributed by atoms with Crippen LogP contribution in [0.2, 0.25) is 10.3 Å². The third-order valence-corrected chi connectivity index (χ3v) is 2.59. The summed E-state index contributed by atoms with van der Waals surface area (Å²) in [6.45, 7) is 3.76. The molecule has 1 N–H and O–H groups in total. The van der Waals surface area contributed by atoms with Crippen LogP contribution in [0, 0.1) is 5.92 Å². The van der Waals surface area contributed by atoms with Crippen LogP contribution in [0.1, 0.15) is 13.8 Å². The Morgan fingerprint density at radius 2 is 2.12 bits per heavy atom. The first-order valence-electron chi connectivity index (χ1n) is 4.98. The van der Waals surface area contributed by atoms with Crippen molar-refractivity contribution in [3.63, 3.8) is 0 Å². The van der Waals surface area contributed by atoms with Crippen LogP contribution in [0.3, 0.4) is 0 Å². The summed E-state index contributed by atoms with van der Waals surface area (Å²) >= 11 is 11.6. The highest BCUT2D eigenvalue weighted by atomic mass is 35.5. The number of ether oxygens (including phenoxy) is 1. The average molecular weight is 278 g/mol. The number of methoxy groups -OCH3 is 1. The Morgan fingerprint density at radius 3 is 2.65 bits per heavy atom. The van der Waals surface area contributed by atoms with Gasteiger partial charge in [-0.2, -0.15) is 4.98 Å². The number of carbonyl (C=O) groups excluding carboxylic acids is 1. The van der Waals surface area contributed by atoms with Gasteiger partial charge in [-0.05, 0) is 17.5 Å². The number of halogens is 2. The van der Waals surface area contributed by atoms with Crippen LogP contribution >= 0.6 is 23.2 Å². The van der Waals surface area contributed by atoms with Crippen molar-refractivity contribution in [3.8, 4) is 0 Å². The molecule has 0 aliphatic carbocycles. The van der Waals surface area contributed by atoms with Crippen LogP contribution in [-0.2, 0) is 9.53 Å². The second-order valence-electron chi connectivity index (χ2n) is 3.72. The largest absolute Gasteiger partial charge is 0.467 e. The minimum absolute atomic E-state index is 0.0206. The predicted molar refractivity (Wildman–Crippen MR) is 66.3 cm³/mol. The van der Waals surface area contributed by atoms with E-state index >= 15 is 0 Å². The summed E-state index contributed by atoms with van der Waals surface area (Å²) in [5.41, 5.74) is 0. The van der Waals surface area contributed by atoms with Crippen molar-refractivity contribution in [2.75, 3.05) is 12.4 Å². The van der Waals surface area contributed by atoms with E-state index in [1.54, 1.807) is 0 Å². The summed E-state index contributed by atoms with van der Waals surface area (Å²) in [6, 6.07) is -0.538. The van der Waals surface area contributed by atoms with Gasteiger partial charge in [0.25, 0.3) is 0 Å². The Morgan fingerprint density at radius 1 is 1.47 bits per heavy atom. The normalized spacial score (nSPS) is 12.4. The summed E-state index contributed by atoms with van der Waals surface area (Å²) in [5, 5.41) is 3.25. The highest BCUT2D eigenvalue weighted by Gasteiger charge is 2.24. The van der Waals surface area contributed by atoms with E-state index in [1.165, 1.54) is 13.3 Å². The van der Waals surface area contributed by atoms with Crippen LogP contribution in [0.15, 0.2) is 6.20 Å². The van der Waals surface area contributed by atoms with Crippen LogP contribution in [0.5, 0.6) is 0 Å². The van der Waals surface area contributed by atoms with Gasteiger partial charge >= 0.3 is 5.97 Å². The summed E-state index contributed by atoms with van der Waals surface area (Å²) in [5.74, 6) is -0.0474. The van der Waals surface area contributed by atoms with Crippen molar-refractivity contribution in [1.29, 1.82) is 0 Å². The van der Waals surface area contributed by atoms with Crippen molar-refractivity contribution >= 4 is 35.0 Å². The number of nitrogens with zero attached hydrogens (tertiary/aromatic N) is 2. The van der Waals surface area contributed by atoms with E-state index in [0.717, 1.165) is 0 Å². The lowest BCUT2D eigenvalue weighted by Gasteiger charge is -2.20. The molecule has 0 aliphatic rings. The van der Waals surface area contributed by atoms with E-state index in [-0.39, 0.29) is 17.2 Å². The van der Waals surface area contributed by atoms with Gasteiger partial charge in [-0.1, -0.05) is 25.4 Å². The molecule has 0 aromatic carbocycles. The summed E-state index contributed by atoms with van der Waals surface area (Å²) in [4.78, 5) is 19.2. The minimum atomic E-state index is -0.538. The van der Waals surface area contributed by atoms with Crippen molar-refractivity contribution in [1.82, 2.24) is 9.97 Å². The Hall–Kier alpha value is -1.07. The molecule has 94 valence electrons. The van der Waals surface area contributed by atoms with Crippen LogP contribution in [0.25, 0.3) is 0 Å². The van der Waals surface area contributed by atoms with Crippen molar-refractivity contribution < 1.29 is 9.53 Å². The van der Waals surface area contributed by atoms with Crippen molar-refractivity contribution in [2.45, 2.75) is 19.9 Å². The molecule has 1 unspecified atom stereocenters. The zero-order valence-corrected chi connectivity index (χ0v) is 11.2. The fraction of sp³-hybridized carbons (Fsp3) is 0.500. The monoisotopic (exact) mass is 277 g/mol. The van der Waals surface area contributed by atoms with Gasteiger partial charge in [0.2, 0.25) is 5.28 Å². The third-order valence-electron chi connectivity index (χ3n) is 2.13. The fourth-order valence-corrected chi connectivity index (χ4v) is 1.50. The molecule has 0 aliphatic heterocycles. The van der Waals surface area contributed by atoms with Gasteiger partial charge < -0.3 is 10.1 Å². The molecule has 0 fully saturated rings. The molecule has 17 heavy (non-hydrogen) atoms. The number of hydrogen-bond donors (Lipinski definition) is 1. The van der Waals surface area contributed by atoms with Crippen LogP contribution in [0.4, 0.5) is 5.82 Å². The van der Waals surface area contributed by atoms with Crippen molar-refractivity contribution in [2.24, 2.45) is 5.92 Å². The van der Waals surface area contributed by atoms with E-state index in [4.69, 9.17) is 27.9 Å². The van der Waals surface area contributed by atoms with E-state index in [0.29, 0.717) is 10.8 Å². The maximum absolute atomic E-state index is 11.5. The zero-order chi connectivity index (χ0) is 13.0. The smallest absolute Gasteiger partial charge is 0.328 e. The number of anilines is 1. The van der Waals surface area contributed by atoms with Crippen LogP contribution < -0.4 is 5.32 Å². The Bertz CT molecular complexity index is 413. The van der Waals surface area contributed by atoms with Gasteiger partial charge in [-0.3, -0.25) is 0 Å². The summed E-state index contributed by atoms with van der Waals surface area (Å²) < 4.78 is 4.70. The molecule has 0 radical (unpaired) electrons. The van der Waals surface area contributed by atoms with E-state index in [9.17, 15) is 4.79 Å². The van der Waals surface area contributed by atoms with Gasteiger partial charge in [0.15, 0.2) is 5.82 Å². The van der Waals surface area contributed by atoms with Crippen molar-refractivity contribution in [3.05, 3.63) is 16.5 Å². The number of hydrogen-bond acceptors (Lipinski definition) is 5. The SMILES string of the molecule is COC(=O)C(Nc1nc(Cl)ncc1Cl)C(C)C. The standard InChI is InChI=1S/C10H13Cl2N3O2/c1-5(2)7(9(16)17-3)14-8-6(11)4-13-10(12)15-8/h4-5,7H,1-3H3,(H,13,14,15). The molecule has 1 atom stereocenters. The molecule has 0 saturated heterocycles. The Labute approximate surface area is 109 Å². The highest BCUT2D eigenvalue weighted by molar-refractivity contribution is 6.33. The molecular weight excluding hydrogens is 265 g/mol. The van der Waals surface area contributed by atoms with Crippen LogP contribution in [-0.4, -0.2) is 29.1 Å². The van der Waals surface area contributed by atoms with Gasteiger partial charge in [-0.25, -0.2) is 9.78 Å². The maximum Gasteiger partial charge on any atom is 0.328 e. The quantitative estimate of drug-likeness (QED) is 0.676. The first kappa shape index (κ1) is 14.0. The molecule has 5 nitrogen and oxygen atoms in total. The summed E-state index contributed by atoms with van der Waals surface area (Å²) in [7, 11) is 1.33. The molecular formula is C10H13Cl2N3O2. The molecule has 7 heteroatoms. The number of rotatable bonds is 4. The number of carbonyl (C=O) groups is 1. The molecule has 0 saturated carbocycles. The van der Waals surface area contributed by atoms with Gasteiger partial charge in [0, 0.05) is 0 Å². The minimum Gasteiger partial charge on any atom is -0.467 e. The fourth-order valence-electron chi connectivity index (χ4n) is 1.22. The van der Waals surface area contributed by atoms with Gasteiger partial charge in [-0.15, -0.1) is 0 Å². The number of esters is 1. The zero-order valence-electron chi connectivity index (χ0n) is 9.70. The summed E-state index contributed by atoms with van der Waals surface area (Å²) in [6.07, 6.45) is 1.37. The van der Waals surface area contributed by atoms with E-state index in [2.05, 4.69) is 15.3 Å². The second kappa shape index (κ2) is 6.02. The lowest BCUT2D eigenvalue weighted by molar-refractivity contribution is -0.142. The van der Waals surface area contributed by atoms with E-state index < -0.39 is 6.04 Å². The first-order valence-corrected chi connectivity index (χ1v) is 5.73. The lowest BCUT2D eigenvalue weighted by Crippen LogP contribution is -2.35. The topological polar surface area (TPSA) is 64.1 Å². The predicted octanol–water partition coefficient (Wildman–Crippen LogP) is 2.39. The average Bonchev–Trinajstić information content (AvgIpc) is 2.28. The first-order chi connectivity index (χ1) is 7.95. The molecule has 1 rings (SSSR count). The van der Waals surface area contributed by atoms with Gasteiger partial charge in [0.1, 0.15) is 11.1 Å². The molecule has 0 amide bonds. The number of nitrogens with one attached hydrogen (secondary N) is 1. The number of aromatic nitrogens is 2. The molecule has 1 heterocycles. The Kier molecular flexibility index (Phi) is 4.96. The Balaban J connectivity index is 2.93. The maximum atomic E-state index is 11.5. The lowest BCUT2D eigenvalue weighted by atomic mass is 10.0. The van der Waals surface area contributed by atoms with Gasteiger partial charge in [0.05, 0.1) is 13.3 Å². The molecule has 1 aromatic rings. The molecule has 1 aromatic heterocycles.